The number of amides is 2. The minimum atomic E-state index is -1.02. The molecule has 94 valence electrons. The minimum absolute atomic E-state index is 0.157. The molecule has 0 atom stereocenters. The number of urea groups is 1. The first-order valence-electron chi connectivity index (χ1n) is 5.37. The lowest BCUT2D eigenvalue weighted by Crippen LogP contribution is -2.31. The molecule has 1 aromatic rings. The van der Waals surface area contributed by atoms with Gasteiger partial charge in [-0.05, 0) is 19.4 Å². The van der Waals surface area contributed by atoms with Gasteiger partial charge in [0, 0.05) is 18.5 Å². The van der Waals surface area contributed by atoms with Crippen molar-refractivity contribution in [3.05, 3.63) is 16.5 Å². The molecule has 0 saturated carbocycles. The molecule has 0 spiro atoms. The Kier molecular flexibility index (Phi) is 4.51. The zero-order chi connectivity index (χ0) is 13.0. The van der Waals surface area contributed by atoms with E-state index >= 15 is 0 Å². The lowest BCUT2D eigenvalue weighted by Gasteiger charge is -2.14. The van der Waals surface area contributed by atoms with E-state index in [1.54, 1.807) is 13.1 Å². The zero-order valence-electron chi connectivity index (χ0n) is 10.1. The molecule has 2 amide bonds. The van der Waals surface area contributed by atoms with E-state index in [4.69, 9.17) is 5.11 Å². The first kappa shape index (κ1) is 13.5. The Hall–Kier alpha value is -1.56. The third-order valence-corrected chi connectivity index (χ3v) is 3.60. The molecule has 2 N–H and O–H groups in total. The van der Waals surface area contributed by atoms with Gasteiger partial charge in [0.05, 0.1) is 5.56 Å². The summed E-state index contributed by atoms with van der Waals surface area (Å²) in [5.41, 5.74) is 0.157. The summed E-state index contributed by atoms with van der Waals surface area (Å²) in [5.74, 6) is -1.02. The number of nitrogens with zero attached hydrogens (tertiary/aromatic N) is 1. The Morgan fingerprint density at radius 2 is 2.12 bits per heavy atom. The highest BCUT2D eigenvalue weighted by Crippen LogP contribution is 2.28. The maximum atomic E-state index is 11.6. The van der Waals surface area contributed by atoms with Gasteiger partial charge in [-0.15, -0.1) is 11.3 Å². The average Bonchev–Trinajstić information content (AvgIpc) is 2.71. The highest BCUT2D eigenvalue weighted by atomic mass is 32.1. The van der Waals surface area contributed by atoms with Gasteiger partial charge in [0.15, 0.2) is 0 Å². The Bertz CT molecular complexity index is 428. The summed E-state index contributed by atoms with van der Waals surface area (Å²) in [6, 6.07) is 1.31. The monoisotopic (exact) mass is 256 g/mol. The molecule has 0 aliphatic rings. The summed E-state index contributed by atoms with van der Waals surface area (Å²) in [6.45, 7) is 4.37. The van der Waals surface area contributed by atoms with Crippen molar-refractivity contribution in [1.29, 1.82) is 0 Å². The van der Waals surface area contributed by atoms with Crippen molar-refractivity contribution in [2.45, 2.75) is 20.3 Å². The third-order valence-electron chi connectivity index (χ3n) is 2.40. The summed E-state index contributed by atoms with van der Waals surface area (Å²) in [5, 5.41) is 12.0. The highest BCUT2D eigenvalue weighted by molar-refractivity contribution is 7.16. The molecule has 0 bridgehead atoms. The topological polar surface area (TPSA) is 69.6 Å². The van der Waals surface area contributed by atoms with E-state index in [9.17, 15) is 9.59 Å². The van der Waals surface area contributed by atoms with Gasteiger partial charge >= 0.3 is 12.0 Å². The molecular formula is C11H16N2O3S. The van der Waals surface area contributed by atoms with Crippen LogP contribution in [0.3, 0.4) is 0 Å². The Balaban J connectivity index is 2.93. The van der Waals surface area contributed by atoms with E-state index in [2.05, 4.69) is 5.32 Å². The van der Waals surface area contributed by atoms with Gasteiger partial charge in [-0.2, -0.15) is 0 Å². The van der Waals surface area contributed by atoms with Crippen molar-refractivity contribution in [1.82, 2.24) is 4.90 Å². The summed E-state index contributed by atoms with van der Waals surface area (Å²) in [4.78, 5) is 25.1. The number of aromatic carboxylic acids is 1. The number of hydrogen-bond acceptors (Lipinski definition) is 3. The number of anilines is 1. The number of rotatable bonds is 4. The van der Waals surface area contributed by atoms with Gasteiger partial charge in [0.2, 0.25) is 0 Å². The summed E-state index contributed by atoms with van der Waals surface area (Å²) < 4.78 is 0. The number of hydrogen-bond donors (Lipinski definition) is 2. The largest absolute Gasteiger partial charge is 0.478 e. The highest BCUT2D eigenvalue weighted by Gasteiger charge is 2.17. The molecule has 0 fully saturated rings. The molecule has 5 nitrogen and oxygen atoms in total. The standard InChI is InChI=1S/C11H16N2O3S/c1-4-7-6-8(10(14)15)9(17-7)12-11(16)13(3)5-2/h6H,4-5H2,1-3H3,(H,12,16)(H,14,15). The van der Waals surface area contributed by atoms with Crippen LogP contribution in [0.5, 0.6) is 0 Å². The van der Waals surface area contributed by atoms with Gasteiger partial charge in [0.25, 0.3) is 0 Å². The van der Waals surface area contributed by atoms with Crippen LogP contribution in [-0.4, -0.2) is 35.6 Å². The van der Waals surface area contributed by atoms with Crippen molar-refractivity contribution in [3.63, 3.8) is 0 Å². The summed E-state index contributed by atoms with van der Waals surface area (Å²) in [7, 11) is 1.66. The summed E-state index contributed by atoms with van der Waals surface area (Å²) in [6.07, 6.45) is 0.754. The second-order valence-corrected chi connectivity index (χ2v) is 4.70. The van der Waals surface area contributed by atoms with Crippen molar-refractivity contribution in [2.24, 2.45) is 0 Å². The van der Waals surface area contributed by atoms with Crippen LogP contribution in [0, 0.1) is 0 Å². The van der Waals surface area contributed by atoms with Crippen LogP contribution in [-0.2, 0) is 6.42 Å². The molecular weight excluding hydrogens is 240 g/mol. The van der Waals surface area contributed by atoms with Crippen LogP contribution in [0.15, 0.2) is 6.07 Å². The molecule has 0 saturated heterocycles. The molecule has 1 aromatic heterocycles. The lowest BCUT2D eigenvalue weighted by molar-refractivity contribution is 0.0698. The van der Waals surface area contributed by atoms with E-state index < -0.39 is 5.97 Å². The number of carboxylic acids is 1. The van der Waals surface area contributed by atoms with E-state index in [1.165, 1.54) is 16.2 Å². The van der Waals surface area contributed by atoms with E-state index in [0.29, 0.717) is 11.5 Å². The Morgan fingerprint density at radius 1 is 1.47 bits per heavy atom. The minimum Gasteiger partial charge on any atom is -0.478 e. The number of nitrogens with one attached hydrogen (secondary N) is 1. The quantitative estimate of drug-likeness (QED) is 0.869. The fraction of sp³-hybridized carbons (Fsp3) is 0.455. The van der Waals surface area contributed by atoms with Crippen molar-refractivity contribution in [2.75, 3.05) is 18.9 Å². The first-order chi connectivity index (χ1) is 7.99. The van der Waals surface area contributed by atoms with E-state index in [-0.39, 0.29) is 11.6 Å². The second kappa shape index (κ2) is 5.67. The fourth-order valence-electron chi connectivity index (χ4n) is 1.20. The molecule has 0 unspecified atom stereocenters. The number of carbonyl (C=O) groups excluding carboxylic acids is 1. The number of carboxylic acid groups (broad SMARTS) is 1. The SMILES string of the molecule is CCc1cc(C(=O)O)c(NC(=O)N(C)CC)s1. The molecule has 17 heavy (non-hydrogen) atoms. The van der Waals surface area contributed by atoms with Crippen LogP contribution in [0.25, 0.3) is 0 Å². The maximum Gasteiger partial charge on any atom is 0.338 e. The predicted octanol–water partition coefficient (Wildman–Crippen LogP) is 2.49. The average molecular weight is 256 g/mol. The molecule has 0 aliphatic heterocycles. The molecule has 1 rings (SSSR count). The van der Waals surface area contributed by atoms with Crippen LogP contribution >= 0.6 is 11.3 Å². The van der Waals surface area contributed by atoms with Gasteiger partial charge in [-0.25, -0.2) is 9.59 Å². The molecule has 0 aliphatic carbocycles. The van der Waals surface area contributed by atoms with Gasteiger partial charge < -0.3 is 10.0 Å². The second-order valence-electron chi connectivity index (χ2n) is 3.56. The molecule has 0 radical (unpaired) electrons. The number of carbonyl (C=O) groups is 2. The van der Waals surface area contributed by atoms with Gasteiger partial charge in [-0.3, -0.25) is 5.32 Å². The normalized spacial score (nSPS) is 10.1. The lowest BCUT2D eigenvalue weighted by atomic mass is 10.2. The fourth-order valence-corrected chi connectivity index (χ4v) is 2.18. The van der Waals surface area contributed by atoms with Crippen molar-refractivity contribution in [3.8, 4) is 0 Å². The molecule has 6 heteroatoms. The Morgan fingerprint density at radius 3 is 2.59 bits per heavy atom. The first-order valence-corrected chi connectivity index (χ1v) is 6.19. The number of thiophene rings is 1. The maximum absolute atomic E-state index is 11.6. The van der Waals surface area contributed by atoms with Gasteiger partial charge in [0.1, 0.15) is 5.00 Å². The Labute approximate surface area is 104 Å². The van der Waals surface area contributed by atoms with Gasteiger partial charge in [-0.1, -0.05) is 6.92 Å². The van der Waals surface area contributed by atoms with Crippen LogP contribution in [0.1, 0.15) is 29.1 Å². The zero-order valence-corrected chi connectivity index (χ0v) is 10.9. The van der Waals surface area contributed by atoms with Crippen molar-refractivity contribution < 1.29 is 14.7 Å². The van der Waals surface area contributed by atoms with Crippen molar-refractivity contribution >= 4 is 28.3 Å². The number of aryl methyl sites for hydroxylation is 1. The predicted molar refractivity (Wildman–Crippen MR) is 68.0 cm³/mol. The third kappa shape index (κ3) is 3.20. The smallest absolute Gasteiger partial charge is 0.338 e. The molecule has 0 aromatic carbocycles. The van der Waals surface area contributed by atoms with Crippen LogP contribution in [0.4, 0.5) is 9.80 Å². The molecule has 1 heterocycles. The van der Waals surface area contributed by atoms with Crippen LogP contribution < -0.4 is 5.32 Å². The van der Waals surface area contributed by atoms with E-state index in [1.807, 2.05) is 13.8 Å². The van der Waals surface area contributed by atoms with Crippen LogP contribution in [0.2, 0.25) is 0 Å². The van der Waals surface area contributed by atoms with E-state index in [0.717, 1.165) is 11.3 Å². The summed E-state index contributed by atoms with van der Waals surface area (Å²) >= 11 is 1.30.